The standard InChI is InChI=1S/C13H12F2N4O2/c14-13(15)5-8(6-13)11-18-19-12(21-11)17-9-3-1-2-7(4-9)10(16)20/h1-4,8H,5-6H2,(H2,16,20)(H,17,19). The minimum atomic E-state index is -2.64. The molecular weight excluding hydrogens is 282 g/mol. The van der Waals surface area contributed by atoms with Gasteiger partial charge in [-0.1, -0.05) is 11.2 Å². The molecule has 1 saturated carbocycles. The zero-order valence-corrected chi connectivity index (χ0v) is 10.8. The lowest BCUT2D eigenvalue weighted by atomic mass is 9.81. The molecule has 0 unspecified atom stereocenters. The zero-order chi connectivity index (χ0) is 15.0. The van der Waals surface area contributed by atoms with Gasteiger partial charge in [-0.15, -0.1) is 5.10 Å². The Bertz CT molecular complexity index is 678. The number of hydrogen-bond acceptors (Lipinski definition) is 5. The lowest BCUT2D eigenvalue weighted by molar-refractivity contribution is -0.0917. The van der Waals surface area contributed by atoms with Gasteiger partial charge in [0.15, 0.2) is 0 Å². The van der Waals surface area contributed by atoms with Gasteiger partial charge in [0.05, 0.1) is 0 Å². The molecule has 1 aliphatic carbocycles. The predicted molar refractivity (Wildman–Crippen MR) is 69.5 cm³/mol. The molecule has 110 valence electrons. The number of nitrogens with zero attached hydrogens (tertiary/aromatic N) is 2. The number of carbonyl (C=O) groups is 1. The molecule has 1 fully saturated rings. The van der Waals surface area contributed by atoms with Gasteiger partial charge in [-0.2, -0.15) is 0 Å². The first kappa shape index (κ1) is 13.5. The van der Waals surface area contributed by atoms with Crippen LogP contribution in [0.15, 0.2) is 28.7 Å². The summed E-state index contributed by atoms with van der Waals surface area (Å²) in [6.45, 7) is 0. The quantitative estimate of drug-likeness (QED) is 0.903. The Hall–Kier alpha value is -2.51. The average molecular weight is 294 g/mol. The number of benzene rings is 1. The highest BCUT2D eigenvalue weighted by Crippen LogP contribution is 2.47. The molecule has 21 heavy (non-hydrogen) atoms. The molecule has 0 atom stereocenters. The van der Waals surface area contributed by atoms with Crippen molar-refractivity contribution >= 4 is 17.6 Å². The SMILES string of the molecule is NC(=O)c1cccc(Nc2nnc(C3CC(F)(F)C3)o2)c1. The zero-order valence-electron chi connectivity index (χ0n) is 10.8. The van der Waals surface area contributed by atoms with Crippen molar-refractivity contribution in [3.63, 3.8) is 0 Å². The molecule has 1 aliphatic rings. The molecule has 1 aromatic heterocycles. The highest BCUT2D eigenvalue weighted by atomic mass is 19.3. The summed E-state index contributed by atoms with van der Waals surface area (Å²) in [5.74, 6) is -3.40. The molecule has 0 bridgehead atoms. The van der Waals surface area contributed by atoms with E-state index in [1.807, 2.05) is 0 Å². The molecule has 1 heterocycles. The highest BCUT2D eigenvalue weighted by Gasteiger charge is 2.48. The molecule has 2 aromatic rings. The van der Waals surface area contributed by atoms with E-state index in [0.29, 0.717) is 11.3 Å². The Labute approximate surface area is 118 Å². The second-order valence-corrected chi connectivity index (χ2v) is 4.98. The van der Waals surface area contributed by atoms with Crippen LogP contribution < -0.4 is 11.1 Å². The van der Waals surface area contributed by atoms with E-state index in [-0.39, 0.29) is 24.7 Å². The molecule has 0 radical (unpaired) electrons. The van der Waals surface area contributed by atoms with E-state index in [1.54, 1.807) is 18.2 Å². The molecule has 0 saturated heterocycles. The van der Waals surface area contributed by atoms with Gasteiger partial charge in [0, 0.05) is 30.0 Å². The summed E-state index contributed by atoms with van der Waals surface area (Å²) in [4.78, 5) is 11.1. The van der Waals surface area contributed by atoms with Crippen molar-refractivity contribution in [2.45, 2.75) is 24.7 Å². The fourth-order valence-electron chi connectivity index (χ4n) is 2.16. The Morgan fingerprint density at radius 1 is 1.38 bits per heavy atom. The Balaban J connectivity index is 1.70. The van der Waals surface area contributed by atoms with Crippen molar-refractivity contribution in [2.75, 3.05) is 5.32 Å². The second-order valence-electron chi connectivity index (χ2n) is 4.98. The summed E-state index contributed by atoms with van der Waals surface area (Å²) < 4.78 is 30.9. The van der Waals surface area contributed by atoms with Crippen molar-refractivity contribution in [1.29, 1.82) is 0 Å². The first-order valence-electron chi connectivity index (χ1n) is 6.31. The van der Waals surface area contributed by atoms with Crippen LogP contribution >= 0.6 is 0 Å². The van der Waals surface area contributed by atoms with E-state index >= 15 is 0 Å². The molecule has 3 N–H and O–H groups in total. The number of halogens is 2. The minimum Gasteiger partial charge on any atom is -0.408 e. The van der Waals surface area contributed by atoms with Crippen molar-refractivity contribution < 1.29 is 18.0 Å². The number of hydrogen-bond donors (Lipinski definition) is 2. The molecule has 1 aromatic carbocycles. The molecule has 0 aliphatic heterocycles. The normalized spacial score (nSPS) is 17.2. The van der Waals surface area contributed by atoms with Crippen LogP contribution in [0.25, 0.3) is 0 Å². The Morgan fingerprint density at radius 3 is 2.81 bits per heavy atom. The maximum absolute atomic E-state index is 12.8. The number of amides is 1. The molecule has 3 rings (SSSR count). The third-order valence-electron chi connectivity index (χ3n) is 3.28. The molecule has 8 heteroatoms. The number of anilines is 2. The van der Waals surface area contributed by atoms with E-state index in [1.165, 1.54) is 6.07 Å². The smallest absolute Gasteiger partial charge is 0.320 e. The molecular formula is C13H12F2N4O2. The summed E-state index contributed by atoms with van der Waals surface area (Å²) in [5, 5.41) is 10.3. The predicted octanol–water partition coefficient (Wildman–Crippen LogP) is 2.42. The van der Waals surface area contributed by atoms with Gasteiger partial charge in [-0.25, -0.2) is 8.78 Å². The number of nitrogens with one attached hydrogen (secondary N) is 1. The average Bonchev–Trinajstić information content (AvgIpc) is 2.84. The maximum Gasteiger partial charge on any atom is 0.320 e. The van der Waals surface area contributed by atoms with Crippen molar-refractivity contribution in [3.8, 4) is 0 Å². The van der Waals surface area contributed by atoms with Crippen molar-refractivity contribution in [3.05, 3.63) is 35.7 Å². The van der Waals surface area contributed by atoms with Gasteiger partial charge in [-0.3, -0.25) is 4.79 Å². The third kappa shape index (κ3) is 2.83. The van der Waals surface area contributed by atoms with Crippen LogP contribution in [0.1, 0.15) is 35.0 Å². The van der Waals surface area contributed by atoms with Crippen LogP contribution in [-0.4, -0.2) is 22.0 Å². The number of rotatable bonds is 4. The summed E-state index contributed by atoms with van der Waals surface area (Å²) >= 11 is 0. The van der Waals surface area contributed by atoms with Crippen LogP contribution in [0.4, 0.5) is 20.5 Å². The van der Waals surface area contributed by atoms with E-state index in [2.05, 4.69) is 15.5 Å². The largest absolute Gasteiger partial charge is 0.408 e. The maximum atomic E-state index is 12.8. The van der Waals surface area contributed by atoms with Crippen LogP contribution in [0.5, 0.6) is 0 Å². The van der Waals surface area contributed by atoms with Crippen molar-refractivity contribution in [2.24, 2.45) is 5.73 Å². The molecule has 0 spiro atoms. The third-order valence-corrected chi connectivity index (χ3v) is 3.28. The first-order chi connectivity index (χ1) is 9.93. The second kappa shape index (κ2) is 4.80. The monoisotopic (exact) mass is 294 g/mol. The minimum absolute atomic E-state index is 0.0850. The summed E-state index contributed by atoms with van der Waals surface area (Å²) in [6, 6.07) is 6.52. The topological polar surface area (TPSA) is 94.0 Å². The van der Waals surface area contributed by atoms with E-state index in [0.717, 1.165) is 0 Å². The van der Waals surface area contributed by atoms with E-state index in [9.17, 15) is 13.6 Å². The number of alkyl halides is 2. The van der Waals surface area contributed by atoms with Gasteiger partial charge in [0.2, 0.25) is 17.7 Å². The lowest BCUT2D eigenvalue weighted by Crippen LogP contribution is -2.33. The van der Waals surface area contributed by atoms with Gasteiger partial charge >= 0.3 is 6.01 Å². The number of aromatic nitrogens is 2. The Morgan fingerprint density at radius 2 is 2.14 bits per heavy atom. The van der Waals surface area contributed by atoms with Gasteiger partial charge in [-0.05, 0) is 18.2 Å². The van der Waals surface area contributed by atoms with Crippen LogP contribution in [0, 0.1) is 0 Å². The fourth-order valence-corrected chi connectivity index (χ4v) is 2.16. The highest BCUT2D eigenvalue weighted by molar-refractivity contribution is 5.93. The first-order valence-corrected chi connectivity index (χ1v) is 6.31. The van der Waals surface area contributed by atoms with E-state index < -0.39 is 17.7 Å². The number of nitrogens with two attached hydrogens (primary N) is 1. The van der Waals surface area contributed by atoms with Gasteiger partial charge in [0.1, 0.15) is 0 Å². The van der Waals surface area contributed by atoms with Gasteiger partial charge in [0.25, 0.3) is 0 Å². The molecule has 6 nitrogen and oxygen atoms in total. The van der Waals surface area contributed by atoms with Gasteiger partial charge < -0.3 is 15.5 Å². The summed E-state index contributed by atoms with van der Waals surface area (Å²) in [6.07, 6.45) is -0.544. The lowest BCUT2D eigenvalue weighted by Gasteiger charge is -2.32. The van der Waals surface area contributed by atoms with Crippen LogP contribution in [-0.2, 0) is 0 Å². The number of primary amides is 1. The Kier molecular flexibility index (Phi) is 3.08. The summed E-state index contributed by atoms with van der Waals surface area (Å²) in [5.41, 5.74) is 6.06. The molecule has 1 amide bonds. The van der Waals surface area contributed by atoms with E-state index in [4.69, 9.17) is 10.2 Å². The van der Waals surface area contributed by atoms with Crippen LogP contribution in [0.3, 0.4) is 0 Å². The number of carbonyl (C=O) groups excluding carboxylic acids is 1. The summed E-state index contributed by atoms with van der Waals surface area (Å²) in [7, 11) is 0. The van der Waals surface area contributed by atoms with Crippen LogP contribution in [0.2, 0.25) is 0 Å². The fraction of sp³-hybridized carbons (Fsp3) is 0.308. The van der Waals surface area contributed by atoms with Crippen molar-refractivity contribution in [1.82, 2.24) is 10.2 Å².